The molecule has 3 aliphatic heterocycles. The maximum atomic E-state index is 13.0. The maximum Gasteiger partial charge on any atom is 0.226 e. The zero-order valence-corrected chi connectivity index (χ0v) is 17.4. The molecule has 3 aliphatic rings. The number of nitrogens with zero attached hydrogens (tertiary/aromatic N) is 4. The van der Waals surface area contributed by atoms with Gasteiger partial charge >= 0.3 is 0 Å². The van der Waals surface area contributed by atoms with Crippen molar-refractivity contribution in [2.45, 2.75) is 58.0 Å². The third kappa shape index (κ3) is 4.93. The molecular formula is C23H36N4O. The summed E-state index contributed by atoms with van der Waals surface area (Å²) in [6, 6.07) is 4.90. The van der Waals surface area contributed by atoms with Crippen molar-refractivity contribution in [3.05, 3.63) is 30.1 Å². The normalized spacial score (nSPS) is 26.5. The van der Waals surface area contributed by atoms with Gasteiger partial charge in [0.2, 0.25) is 5.91 Å². The van der Waals surface area contributed by atoms with E-state index >= 15 is 0 Å². The van der Waals surface area contributed by atoms with Crippen molar-refractivity contribution in [3.63, 3.8) is 0 Å². The van der Waals surface area contributed by atoms with E-state index in [1.54, 1.807) is 0 Å². The molecule has 0 aromatic carbocycles. The summed E-state index contributed by atoms with van der Waals surface area (Å²) in [5.74, 6) is 1.45. The minimum absolute atomic E-state index is 0.233. The quantitative estimate of drug-likeness (QED) is 0.800. The Morgan fingerprint density at radius 2 is 1.71 bits per heavy atom. The standard InChI is InChI=1S/C23H36N4O/c1-19-6-15-26(16-7-19)23(28)21-3-2-12-27(18-21)22-8-13-25(14-9-22)17-20-4-10-24-11-5-20/h4-5,10-11,19,21-22H,2-3,6-9,12-18H2,1H3/t21-/m1/s1. The molecule has 4 rings (SSSR count). The van der Waals surface area contributed by atoms with Gasteiger partial charge in [-0.1, -0.05) is 6.92 Å². The van der Waals surface area contributed by atoms with Crippen LogP contribution in [0.15, 0.2) is 24.5 Å². The van der Waals surface area contributed by atoms with Gasteiger partial charge in [-0.25, -0.2) is 0 Å². The van der Waals surface area contributed by atoms with E-state index in [1.807, 2.05) is 12.4 Å². The fraction of sp³-hybridized carbons (Fsp3) is 0.739. The molecule has 28 heavy (non-hydrogen) atoms. The van der Waals surface area contributed by atoms with Crippen molar-refractivity contribution >= 4 is 5.91 Å². The molecule has 0 spiro atoms. The Morgan fingerprint density at radius 1 is 1.00 bits per heavy atom. The maximum absolute atomic E-state index is 13.0. The molecule has 4 heterocycles. The van der Waals surface area contributed by atoms with Crippen molar-refractivity contribution < 1.29 is 4.79 Å². The summed E-state index contributed by atoms with van der Waals surface area (Å²) in [6.45, 7) is 9.77. The summed E-state index contributed by atoms with van der Waals surface area (Å²) < 4.78 is 0. The average molecular weight is 385 g/mol. The lowest BCUT2D eigenvalue weighted by Crippen LogP contribution is -2.51. The molecule has 3 fully saturated rings. The van der Waals surface area contributed by atoms with Crippen molar-refractivity contribution in [2.75, 3.05) is 39.3 Å². The molecule has 5 nitrogen and oxygen atoms in total. The lowest BCUT2D eigenvalue weighted by molar-refractivity contribution is -0.139. The summed E-state index contributed by atoms with van der Waals surface area (Å²) in [5.41, 5.74) is 1.35. The van der Waals surface area contributed by atoms with Crippen molar-refractivity contribution in [1.29, 1.82) is 0 Å². The van der Waals surface area contributed by atoms with Gasteiger partial charge in [-0.15, -0.1) is 0 Å². The number of carbonyl (C=O) groups is 1. The molecule has 0 saturated carbocycles. The Bertz CT molecular complexity index is 621. The van der Waals surface area contributed by atoms with Gasteiger partial charge < -0.3 is 4.90 Å². The third-order valence-corrected chi connectivity index (χ3v) is 7.13. The van der Waals surface area contributed by atoms with Crippen LogP contribution in [-0.2, 0) is 11.3 Å². The molecule has 1 aromatic heterocycles. The number of piperidine rings is 3. The predicted molar refractivity (Wildman–Crippen MR) is 112 cm³/mol. The highest BCUT2D eigenvalue weighted by Gasteiger charge is 2.34. The monoisotopic (exact) mass is 384 g/mol. The van der Waals surface area contributed by atoms with Crippen LogP contribution in [0.4, 0.5) is 0 Å². The second-order valence-corrected chi connectivity index (χ2v) is 9.20. The molecule has 1 amide bonds. The number of carbonyl (C=O) groups excluding carboxylic acids is 1. The van der Waals surface area contributed by atoms with Gasteiger partial charge in [0.15, 0.2) is 0 Å². The third-order valence-electron chi connectivity index (χ3n) is 7.13. The number of amides is 1. The van der Waals surface area contributed by atoms with Crippen molar-refractivity contribution in [3.8, 4) is 0 Å². The Labute approximate surface area is 170 Å². The first kappa shape index (κ1) is 19.8. The number of likely N-dealkylation sites (tertiary alicyclic amines) is 3. The highest BCUT2D eigenvalue weighted by atomic mass is 16.2. The number of rotatable bonds is 4. The van der Waals surface area contributed by atoms with Gasteiger partial charge in [0.1, 0.15) is 0 Å². The number of pyridine rings is 1. The summed E-state index contributed by atoms with van der Waals surface area (Å²) in [4.78, 5) is 24.5. The van der Waals surface area contributed by atoms with Crippen LogP contribution >= 0.6 is 0 Å². The minimum atomic E-state index is 0.233. The highest BCUT2D eigenvalue weighted by molar-refractivity contribution is 5.79. The van der Waals surface area contributed by atoms with E-state index in [2.05, 4.69) is 38.7 Å². The van der Waals surface area contributed by atoms with Crippen LogP contribution in [0.1, 0.15) is 51.0 Å². The van der Waals surface area contributed by atoms with Gasteiger partial charge in [0, 0.05) is 44.6 Å². The van der Waals surface area contributed by atoms with E-state index in [4.69, 9.17) is 0 Å². The van der Waals surface area contributed by atoms with Gasteiger partial charge in [-0.3, -0.25) is 19.6 Å². The number of hydrogen-bond acceptors (Lipinski definition) is 4. The first-order chi connectivity index (χ1) is 13.7. The van der Waals surface area contributed by atoms with Crippen molar-refractivity contribution in [2.24, 2.45) is 11.8 Å². The van der Waals surface area contributed by atoms with Gasteiger partial charge in [-0.2, -0.15) is 0 Å². The molecule has 3 saturated heterocycles. The van der Waals surface area contributed by atoms with E-state index in [1.165, 1.54) is 44.2 Å². The van der Waals surface area contributed by atoms with Gasteiger partial charge in [0.25, 0.3) is 0 Å². The fourth-order valence-electron chi connectivity index (χ4n) is 5.22. The second-order valence-electron chi connectivity index (χ2n) is 9.20. The Morgan fingerprint density at radius 3 is 2.43 bits per heavy atom. The number of hydrogen-bond donors (Lipinski definition) is 0. The minimum Gasteiger partial charge on any atom is -0.342 e. The van der Waals surface area contributed by atoms with Crippen LogP contribution in [0.2, 0.25) is 0 Å². The van der Waals surface area contributed by atoms with E-state index in [0.29, 0.717) is 11.9 Å². The first-order valence-electron chi connectivity index (χ1n) is 11.3. The summed E-state index contributed by atoms with van der Waals surface area (Å²) >= 11 is 0. The second kappa shape index (κ2) is 9.36. The average Bonchev–Trinajstić information content (AvgIpc) is 2.75. The zero-order valence-electron chi connectivity index (χ0n) is 17.4. The smallest absolute Gasteiger partial charge is 0.226 e. The van der Waals surface area contributed by atoms with Crippen molar-refractivity contribution in [1.82, 2.24) is 19.7 Å². The molecule has 0 aliphatic carbocycles. The molecule has 1 atom stereocenters. The van der Waals surface area contributed by atoms with E-state index in [0.717, 1.165) is 51.6 Å². The lowest BCUT2D eigenvalue weighted by atomic mass is 9.91. The van der Waals surface area contributed by atoms with Crippen LogP contribution in [0, 0.1) is 11.8 Å². The molecular weight excluding hydrogens is 348 g/mol. The SMILES string of the molecule is CC1CCN(C(=O)[C@@H]2CCCN(C3CCN(Cc4ccncc4)CC3)C2)CC1. The van der Waals surface area contributed by atoms with E-state index in [9.17, 15) is 4.79 Å². The van der Waals surface area contributed by atoms with Crippen LogP contribution in [0.3, 0.4) is 0 Å². The van der Waals surface area contributed by atoms with Crippen LogP contribution in [-0.4, -0.2) is 70.9 Å². The summed E-state index contributed by atoms with van der Waals surface area (Å²) in [6.07, 6.45) is 10.8. The van der Waals surface area contributed by atoms with Crippen LogP contribution < -0.4 is 0 Å². The Kier molecular flexibility index (Phi) is 6.63. The predicted octanol–water partition coefficient (Wildman–Crippen LogP) is 3.02. The van der Waals surface area contributed by atoms with Gasteiger partial charge in [-0.05, 0) is 81.8 Å². The fourth-order valence-corrected chi connectivity index (χ4v) is 5.22. The molecule has 0 N–H and O–H groups in total. The topological polar surface area (TPSA) is 39.7 Å². The first-order valence-corrected chi connectivity index (χ1v) is 11.3. The molecule has 5 heteroatoms. The lowest BCUT2D eigenvalue weighted by Gasteiger charge is -2.43. The molecule has 0 unspecified atom stereocenters. The zero-order chi connectivity index (χ0) is 19.3. The Hall–Kier alpha value is -1.46. The molecule has 0 bridgehead atoms. The van der Waals surface area contributed by atoms with Crippen LogP contribution in [0.5, 0.6) is 0 Å². The summed E-state index contributed by atoms with van der Waals surface area (Å²) in [5, 5.41) is 0. The Balaban J connectivity index is 1.25. The molecule has 1 aromatic rings. The molecule has 154 valence electrons. The van der Waals surface area contributed by atoms with Crippen LogP contribution in [0.25, 0.3) is 0 Å². The highest BCUT2D eigenvalue weighted by Crippen LogP contribution is 2.27. The van der Waals surface area contributed by atoms with E-state index in [-0.39, 0.29) is 5.92 Å². The van der Waals surface area contributed by atoms with E-state index < -0.39 is 0 Å². The van der Waals surface area contributed by atoms with Gasteiger partial charge in [0.05, 0.1) is 5.92 Å². The molecule has 0 radical (unpaired) electrons. The summed E-state index contributed by atoms with van der Waals surface area (Å²) in [7, 11) is 0. The largest absolute Gasteiger partial charge is 0.342 e. The number of aromatic nitrogens is 1.